The number of rotatable bonds is 13. The monoisotopic (exact) mass is 486 g/mol. The van der Waals surface area contributed by atoms with E-state index in [1.807, 2.05) is 91.9 Å². The minimum absolute atomic E-state index is 0.0483. The summed E-state index contributed by atoms with van der Waals surface area (Å²) in [5, 5.41) is 3.06. The molecule has 0 spiro atoms. The molecule has 1 atom stereocenters. The lowest BCUT2D eigenvalue weighted by Crippen LogP contribution is -2.51. The highest BCUT2D eigenvalue weighted by molar-refractivity contribution is 5.88. The number of aryl methyl sites for hydroxylation is 1. The summed E-state index contributed by atoms with van der Waals surface area (Å²) in [5.41, 5.74) is 3.19. The Labute approximate surface area is 215 Å². The van der Waals surface area contributed by atoms with Crippen molar-refractivity contribution < 1.29 is 14.3 Å². The predicted molar refractivity (Wildman–Crippen MR) is 145 cm³/mol. The molecule has 0 fully saturated rings. The van der Waals surface area contributed by atoms with Gasteiger partial charge in [0.15, 0.2) is 0 Å². The third-order valence-electron chi connectivity index (χ3n) is 5.98. The topological polar surface area (TPSA) is 58.6 Å². The van der Waals surface area contributed by atoms with Crippen molar-refractivity contribution >= 4 is 11.8 Å². The lowest BCUT2D eigenvalue weighted by atomic mass is 10.0. The van der Waals surface area contributed by atoms with Gasteiger partial charge >= 0.3 is 0 Å². The predicted octanol–water partition coefficient (Wildman–Crippen LogP) is 5.57. The van der Waals surface area contributed by atoms with Gasteiger partial charge in [0.05, 0.1) is 6.61 Å². The first kappa shape index (κ1) is 27.0. The lowest BCUT2D eigenvalue weighted by Gasteiger charge is -2.32. The number of carbonyl (C=O) groups excluding carboxylic acids is 2. The minimum atomic E-state index is -0.602. The molecule has 0 heterocycles. The molecule has 190 valence electrons. The van der Waals surface area contributed by atoms with Crippen LogP contribution in [0.4, 0.5) is 0 Å². The number of amides is 2. The number of carbonyl (C=O) groups is 2. The van der Waals surface area contributed by atoms with Crippen molar-refractivity contribution in [1.82, 2.24) is 10.2 Å². The third kappa shape index (κ3) is 8.88. The zero-order valence-electron chi connectivity index (χ0n) is 21.7. The quantitative estimate of drug-likeness (QED) is 0.322. The molecule has 36 heavy (non-hydrogen) atoms. The molecule has 1 unspecified atom stereocenters. The molecule has 0 aliphatic rings. The van der Waals surface area contributed by atoms with Crippen molar-refractivity contribution in [3.63, 3.8) is 0 Å². The van der Waals surface area contributed by atoms with Crippen molar-refractivity contribution in [2.24, 2.45) is 5.92 Å². The van der Waals surface area contributed by atoms with Crippen molar-refractivity contribution in [2.45, 2.75) is 52.6 Å². The van der Waals surface area contributed by atoms with E-state index in [1.165, 1.54) is 0 Å². The Hall–Kier alpha value is -3.60. The Morgan fingerprint density at radius 3 is 2.14 bits per heavy atom. The van der Waals surface area contributed by atoms with E-state index in [-0.39, 0.29) is 11.8 Å². The van der Waals surface area contributed by atoms with Crippen molar-refractivity contribution in [3.05, 3.63) is 102 Å². The fourth-order valence-corrected chi connectivity index (χ4v) is 3.94. The molecular weight excluding hydrogens is 448 g/mol. The molecular formula is C31H38N2O3. The van der Waals surface area contributed by atoms with Gasteiger partial charge in [0.25, 0.3) is 0 Å². The van der Waals surface area contributed by atoms with Crippen LogP contribution in [0.5, 0.6) is 5.75 Å². The molecule has 1 N–H and O–H groups in total. The van der Waals surface area contributed by atoms with Gasteiger partial charge in [-0.05, 0) is 42.5 Å². The minimum Gasteiger partial charge on any atom is -0.494 e. The van der Waals surface area contributed by atoms with Gasteiger partial charge in [0, 0.05) is 25.9 Å². The van der Waals surface area contributed by atoms with Crippen LogP contribution in [0.15, 0.2) is 84.9 Å². The maximum Gasteiger partial charge on any atom is 0.243 e. The van der Waals surface area contributed by atoms with Gasteiger partial charge in [-0.2, -0.15) is 0 Å². The average Bonchev–Trinajstić information content (AvgIpc) is 2.89. The number of para-hydroxylation sites is 1. The standard InChI is InChI=1S/C31H38N2O3/c1-24(2)22-32-31(35)29(21-26-11-6-4-7-12-26)33(23-27-18-16-25(3)17-19-27)30(34)15-10-20-36-28-13-8-5-9-14-28/h4-9,11-14,16-19,24,29H,10,15,20-23H2,1-3H3,(H,32,35). The molecule has 0 aliphatic heterocycles. The van der Waals surface area contributed by atoms with Crippen LogP contribution < -0.4 is 10.1 Å². The van der Waals surface area contributed by atoms with Crippen LogP contribution >= 0.6 is 0 Å². The van der Waals surface area contributed by atoms with E-state index in [9.17, 15) is 9.59 Å². The summed E-state index contributed by atoms with van der Waals surface area (Å²) in [7, 11) is 0. The highest BCUT2D eigenvalue weighted by atomic mass is 16.5. The van der Waals surface area contributed by atoms with Gasteiger partial charge in [-0.1, -0.05) is 92.2 Å². The van der Waals surface area contributed by atoms with Crippen LogP contribution in [0.1, 0.15) is 43.4 Å². The van der Waals surface area contributed by atoms with Gasteiger partial charge in [-0.15, -0.1) is 0 Å². The first-order chi connectivity index (χ1) is 17.4. The summed E-state index contributed by atoms with van der Waals surface area (Å²) < 4.78 is 5.79. The maximum atomic E-state index is 13.6. The number of benzene rings is 3. The second-order valence-electron chi connectivity index (χ2n) is 9.62. The SMILES string of the molecule is Cc1ccc(CN(C(=O)CCCOc2ccccc2)C(Cc2ccccc2)C(=O)NCC(C)C)cc1. The van der Waals surface area contributed by atoms with E-state index in [0.29, 0.717) is 44.9 Å². The van der Waals surface area contributed by atoms with Gasteiger partial charge in [-0.3, -0.25) is 9.59 Å². The highest BCUT2D eigenvalue weighted by Gasteiger charge is 2.30. The van der Waals surface area contributed by atoms with E-state index in [0.717, 1.165) is 22.4 Å². The Kier molecular flexibility index (Phi) is 10.6. The smallest absolute Gasteiger partial charge is 0.243 e. The Bertz CT molecular complexity index is 1070. The molecule has 0 bridgehead atoms. The maximum absolute atomic E-state index is 13.6. The zero-order chi connectivity index (χ0) is 25.8. The molecule has 3 rings (SSSR count). The van der Waals surface area contributed by atoms with Crippen LogP contribution in [0, 0.1) is 12.8 Å². The molecule has 0 saturated heterocycles. The highest BCUT2D eigenvalue weighted by Crippen LogP contribution is 2.17. The lowest BCUT2D eigenvalue weighted by molar-refractivity contribution is -0.141. The fourth-order valence-electron chi connectivity index (χ4n) is 3.94. The summed E-state index contributed by atoms with van der Waals surface area (Å²) in [6, 6.07) is 27.0. The first-order valence-corrected chi connectivity index (χ1v) is 12.8. The molecule has 5 heteroatoms. The zero-order valence-corrected chi connectivity index (χ0v) is 21.7. The molecule has 0 aromatic heterocycles. The molecule has 0 radical (unpaired) electrons. The van der Waals surface area contributed by atoms with E-state index < -0.39 is 6.04 Å². The summed E-state index contributed by atoms with van der Waals surface area (Å²) in [6.07, 6.45) is 1.34. The second kappa shape index (κ2) is 14.1. The van der Waals surface area contributed by atoms with Gasteiger partial charge in [0.2, 0.25) is 11.8 Å². The van der Waals surface area contributed by atoms with Crippen molar-refractivity contribution in [2.75, 3.05) is 13.2 Å². The summed E-state index contributed by atoms with van der Waals surface area (Å²) in [4.78, 5) is 28.8. The molecule has 3 aromatic rings. The molecule has 2 amide bonds. The summed E-state index contributed by atoms with van der Waals surface area (Å²) in [5.74, 6) is 0.945. The van der Waals surface area contributed by atoms with E-state index in [2.05, 4.69) is 19.2 Å². The Morgan fingerprint density at radius 1 is 0.861 bits per heavy atom. The Morgan fingerprint density at radius 2 is 1.50 bits per heavy atom. The Balaban J connectivity index is 1.78. The number of hydrogen-bond donors (Lipinski definition) is 1. The van der Waals surface area contributed by atoms with E-state index in [4.69, 9.17) is 4.74 Å². The molecule has 0 saturated carbocycles. The van der Waals surface area contributed by atoms with Gasteiger partial charge < -0.3 is 15.0 Å². The van der Waals surface area contributed by atoms with Crippen LogP contribution in [0.25, 0.3) is 0 Å². The number of nitrogens with one attached hydrogen (secondary N) is 1. The largest absolute Gasteiger partial charge is 0.494 e. The molecule has 5 nitrogen and oxygen atoms in total. The number of ether oxygens (including phenoxy) is 1. The van der Waals surface area contributed by atoms with E-state index in [1.54, 1.807) is 4.90 Å². The van der Waals surface area contributed by atoms with Gasteiger partial charge in [0.1, 0.15) is 11.8 Å². The summed E-state index contributed by atoms with van der Waals surface area (Å²) >= 11 is 0. The van der Waals surface area contributed by atoms with Crippen LogP contribution in [0.2, 0.25) is 0 Å². The van der Waals surface area contributed by atoms with Crippen LogP contribution in [-0.4, -0.2) is 35.9 Å². The second-order valence-corrected chi connectivity index (χ2v) is 9.62. The first-order valence-electron chi connectivity index (χ1n) is 12.8. The fraction of sp³-hybridized carbons (Fsp3) is 0.355. The molecule has 0 aliphatic carbocycles. The van der Waals surface area contributed by atoms with Crippen molar-refractivity contribution in [1.29, 1.82) is 0 Å². The van der Waals surface area contributed by atoms with Crippen molar-refractivity contribution in [3.8, 4) is 5.75 Å². The number of hydrogen-bond acceptors (Lipinski definition) is 3. The van der Waals surface area contributed by atoms with Gasteiger partial charge in [-0.25, -0.2) is 0 Å². The number of nitrogens with zero attached hydrogens (tertiary/aromatic N) is 1. The van der Waals surface area contributed by atoms with Crippen LogP contribution in [0.3, 0.4) is 0 Å². The normalized spacial score (nSPS) is 11.7. The molecule has 3 aromatic carbocycles. The average molecular weight is 487 g/mol. The van der Waals surface area contributed by atoms with Crippen LogP contribution in [-0.2, 0) is 22.6 Å². The summed E-state index contributed by atoms with van der Waals surface area (Å²) in [6.45, 7) is 7.56. The van der Waals surface area contributed by atoms with E-state index >= 15 is 0 Å². The third-order valence-corrected chi connectivity index (χ3v) is 5.98.